The summed E-state index contributed by atoms with van der Waals surface area (Å²) in [5, 5.41) is 0.00746. The van der Waals surface area contributed by atoms with E-state index in [1.165, 1.54) is 19.2 Å². The molecule has 2 aromatic rings. The molecule has 2 aromatic carbocycles. The Kier molecular flexibility index (Phi) is 5.12. The molecular weight excluding hydrogens is 298 g/mol. The minimum atomic E-state index is -0.597. The Morgan fingerprint density at radius 1 is 1.19 bits per heavy atom. The van der Waals surface area contributed by atoms with Crippen molar-refractivity contribution in [2.24, 2.45) is 5.84 Å². The van der Waals surface area contributed by atoms with Crippen LogP contribution >= 0.6 is 11.6 Å². The number of ether oxygens (including phenoxy) is 1. The summed E-state index contributed by atoms with van der Waals surface area (Å²) < 4.78 is 32.7. The second-order valence-electron chi connectivity index (χ2n) is 4.49. The van der Waals surface area contributed by atoms with Gasteiger partial charge in [-0.3, -0.25) is 11.3 Å². The number of hydrogen-bond acceptors (Lipinski definition) is 3. The van der Waals surface area contributed by atoms with Crippen molar-refractivity contribution < 1.29 is 13.5 Å². The van der Waals surface area contributed by atoms with Crippen LogP contribution in [0.5, 0.6) is 5.75 Å². The van der Waals surface area contributed by atoms with Gasteiger partial charge in [0.05, 0.1) is 18.2 Å². The maximum atomic E-state index is 14.1. The molecule has 0 radical (unpaired) electrons. The zero-order valence-electron chi connectivity index (χ0n) is 11.4. The summed E-state index contributed by atoms with van der Waals surface area (Å²) in [6.45, 7) is 0. The van der Waals surface area contributed by atoms with E-state index in [-0.39, 0.29) is 17.0 Å². The average Bonchev–Trinajstić information content (AvgIpc) is 2.49. The van der Waals surface area contributed by atoms with Crippen LogP contribution in [0.1, 0.15) is 17.2 Å². The van der Waals surface area contributed by atoms with Crippen LogP contribution in [0, 0.1) is 11.6 Å². The molecule has 0 amide bonds. The van der Waals surface area contributed by atoms with Crippen molar-refractivity contribution in [2.75, 3.05) is 7.11 Å². The molecule has 3 N–H and O–H groups in total. The monoisotopic (exact) mass is 312 g/mol. The van der Waals surface area contributed by atoms with Crippen LogP contribution in [0.4, 0.5) is 8.78 Å². The Balaban J connectivity index is 2.39. The molecule has 21 heavy (non-hydrogen) atoms. The van der Waals surface area contributed by atoms with Gasteiger partial charge >= 0.3 is 0 Å². The fraction of sp³-hybridized carbons (Fsp3) is 0.200. The van der Waals surface area contributed by atoms with Gasteiger partial charge in [-0.1, -0.05) is 29.8 Å². The lowest BCUT2D eigenvalue weighted by molar-refractivity contribution is 0.390. The molecule has 6 heteroatoms. The van der Waals surface area contributed by atoms with E-state index in [1.54, 1.807) is 24.3 Å². The number of nitrogens with two attached hydrogens (primary N) is 1. The minimum Gasteiger partial charge on any atom is -0.496 e. The smallest absolute Gasteiger partial charge is 0.142 e. The first-order valence-corrected chi connectivity index (χ1v) is 6.67. The highest BCUT2D eigenvalue weighted by Crippen LogP contribution is 2.31. The summed E-state index contributed by atoms with van der Waals surface area (Å²) in [6.07, 6.45) is 0.227. The summed E-state index contributed by atoms with van der Waals surface area (Å²) in [6, 6.07) is 8.37. The molecule has 0 aliphatic rings. The van der Waals surface area contributed by atoms with Crippen LogP contribution < -0.4 is 16.0 Å². The molecule has 0 fully saturated rings. The number of benzene rings is 2. The lowest BCUT2D eigenvalue weighted by atomic mass is 9.98. The van der Waals surface area contributed by atoms with Crippen molar-refractivity contribution in [3.63, 3.8) is 0 Å². The third-order valence-electron chi connectivity index (χ3n) is 3.24. The Morgan fingerprint density at radius 2 is 1.86 bits per heavy atom. The molecule has 0 spiro atoms. The van der Waals surface area contributed by atoms with Crippen LogP contribution in [0.15, 0.2) is 36.4 Å². The molecule has 1 atom stereocenters. The van der Waals surface area contributed by atoms with Gasteiger partial charge in [0.2, 0.25) is 0 Å². The first-order valence-electron chi connectivity index (χ1n) is 6.30. The van der Waals surface area contributed by atoms with E-state index in [0.29, 0.717) is 11.3 Å². The lowest BCUT2D eigenvalue weighted by Gasteiger charge is -2.20. The third-order valence-corrected chi connectivity index (χ3v) is 3.66. The molecule has 3 nitrogen and oxygen atoms in total. The zero-order valence-corrected chi connectivity index (χ0v) is 12.1. The van der Waals surface area contributed by atoms with E-state index in [2.05, 4.69) is 5.43 Å². The van der Waals surface area contributed by atoms with Gasteiger partial charge in [0.25, 0.3) is 0 Å². The van der Waals surface area contributed by atoms with Gasteiger partial charge in [0.1, 0.15) is 17.4 Å². The van der Waals surface area contributed by atoms with E-state index in [9.17, 15) is 8.78 Å². The van der Waals surface area contributed by atoms with Crippen LogP contribution in [0.3, 0.4) is 0 Å². The highest BCUT2D eigenvalue weighted by atomic mass is 35.5. The van der Waals surface area contributed by atoms with E-state index in [1.807, 2.05) is 0 Å². The van der Waals surface area contributed by atoms with E-state index < -0.39 is 17.7 Å². The van der Waals surface area contributed by atoms with E-state index in [0.717, 1.165) is 0 Å². The minimum absolute atomic E-state index is 0.00746. The van der Waals surface area contributed by atoms with Crippen LogP contribution in [0.25, 0.3) is 0 Å². The van der Waals surface area contributed by atoms with Gasteiger partial charge in [-0.15, -0.1) is 0 Å². The summed E-state index contributed by atoms with van der Waals surface area (Å²) in [7, 11) is 1.45. The first-order chi connectivity index (χ1) is 10.1. The largest absolute Gasteiger partial charge is 0.496 e. The predicted molar refractivity (Wildman–Crippen MR) is 78.1 cm³/mol. The van der Waals surface area contributed by atoms with Gasteiger partial charge in [-0.05, 0) is 30.2 Å². The molecule has 0 bridgehead atoms. The quantitative estimate of drug-likeness (QED) is 0.657. The van der Waals surface area contributed by atoms with Crippen molar-refractivity contribution in [3.8, 4) is 5.75 Å². The van der Waals surface area contributed by atoms with Crippen molar-refractivity contribution >= 4 is 11.6 Å². The molecular formula is C15H15ClF2N2O. The van der Waals surface area contributed by atoms with Crippen molar-refractivity contribution in [3.05, 3.63) is 64.2 Å². The molecule has 1 unspecified atom stereocenters. The molecule has 0 saturated heterocycles. The van der Waals surface area contributed by atoms with Gasteiger partial charge in [0, 0.05) is 5.56 Å². The third kappa shape index (κ3) is 3.32. The Labute approximate surface area is 126 Å². The zero-order chi connectivity index (χ0) is 15.4. The Morgan fingerprint density at radius 3 is 2.52 bits per heavy atom. The molecule has 0 aromatic heterocycles. The highest BCUT2D eigenvalue weighted by molar-refractivity contribution is 6.31. The second kappa shape index (κ2) is 6.85. The van der Waals surface area contributed by atoms with Gasteiger partial charge in [0.15, 0.2) is 0 Å². The average molecular weight is 313 g/mol. The van der Waals surface area contributed by atoms with Crippen LogP contribution in [0.2, 0.25) is 5.02 Å². The SMILES string of the molecule is COc1cccc(F)c1C(Cc1cccc(F)c1Cl)NN. The summed E-state index contributed by atoms with van der Waals surface area (Å²) >= 11 is 5.93. The molecule has 0 saturated carbocycles. The molecule has 0 aliphatic heterocycles. The summed E-state index contributed by atoms with van der Waals surface area (Å²) in [4.78, 5) is 0. The Bertz CT molecular complexity index is 637. The summed E-state index contributed by atoms with van der Waals surface area (Å²) in [5.41, 5.74) is 3.34. The number of hydrogen-bond donors (Lipinski definition) is 2. The van der Waals surface area contributed by atoms with Gasteiger partial charge in [-0.2, -0.15) is 0 Å². The molecule has 0 heterocycles. The standard InChI is InChI=1S/C15H15ClF2N2O/c1-21-13-7-3-5-10(17)14(13)12(20-19)8-9-4-2-6-11(18)15(9)16/h2-7,12,20H,8,19H2,1H3. The Hall–Kier alpha value is -1.69. The number of methoxy groups -OCH3 is 1. The highest BCUT2D eigenvalue weighted by Gasteiger charge is 2.21. The van der Waals surface area contributed by atoms with Crippen LogP contribution in [-0.4, -0.2) is 7.11 Å². The number of halogens is 3. The van der Waals surface area contributed by atoms with Crippen molar-refractivity contribution in [1.29, 1.82) is 0 Å². The second-order valence-corrected chi connectivity index (χ2v) is 4.87. The van der Waals surface area contributed by atoms with Gasteiger partial charge < -0.3 is 4.74 Å². The maximum Gasteiger partial charge on any atom is 0.142 e. The van der Waals surface area contributed by atoms with Crippen molar-refractivity contribution in [1.82, 2.24) is 5.43 Å². The summed E-state index contributed by atoms with van der Waals surface area (Å²) in [5.74, 6) is 4.91. The van der Waals surface area contributed by atoms with E-state index in [4.69, 9.17) is 22.2 Å². The molecule has 0 aliphatic carbocycles. The van der Waals surface area contributed by atoms with Crippen molar-refractivity contribution in [2.45, 2.75) is 12.5 Å². The molecule has 2 rings (SSSR count). The van der Waals surface area contributed by atoms with Crippen LogP contribution in [-0.2, 0) is 6.42 Å². The fourth-order valence-corrected chi connectivity index (χ4v) is 2.41. The molecule has 112 valence electrons. The fourth-order valence-electron chi connectivity index (χ4n) is 2.20. The number of hydrazine groups is 1. The first kappa shape index (κ1) is 15.7. The number of nitrogens with one attached hydrogen (secondary N) is 1. The topological polar surface area (TPSA) is 47.3 Å². The lowest BCUT2D eigenvalue weighted by Crippen LogP contribution is -2.30. The van der Waals surface area contributed by atoms with E-state index >= 15 is 0 Å². The normalized spacial score (nSPS) is 12.2. The predicted octanol–water partition coefficient (Wildman–Crippen LogP) is 3.37. The van der Waals surface area contributed by atoms with Gasteiger partial charge in [-0.25, -0.2) is 8.78 Å². The number of rotatable bonds is 5. The maximum absolute atomic E-state index is 14.1.